The Balaban J connectivity index is 1.99. The summed E-state index contributed by atoms with van der Waals surface area (Å²) in [5.41, 5.74) is 31.2. The molecular formula is C37H49N13O5. The molecule has 0 aliphatic carbocycles. The van der Waals surface area contributed by atoms with Crippen LogP contribution in [-0.2, 0) is 11.3 Å². The topological polar surface area (TPSA) is 282 Å². The number of hydrogen-bond acceptors (Lipinski definition) is 14. The zero-order chi connectivity index (χ0) is 40.5. The number of carbonyl (C=O) groups is 3. The normalized spacial score (nSPS) is 12.5. The number of nitrogens with zero attached hydrogens (tertiary/aromatic N) is 6. The summed E-state index contributed by atoms with van der Waals surface area (Å²) in [5.74, 6) is -0.602. The summed E-state index contributed by atoms with van der Waals surface area (Å²) in [5, 5.41) is 5.97. The SMILES string of the molecule is C=Nc1cc(C(N)=O)cc(OC)c1N(C/C=C/Cn1c(NC)nc2cc(C(N)=O)cc(OC/C=C/CN=C/C(N)=C\N)c21)CNC(=O)C(/C=C(/C)N)=NCC. The van der Waals surface area contributed by atoms with Crippen LogP contribution in [0.3, 0.4) is 0 Å². The van der Waals surface area contributed by atoms with Gasteiger partial charge in [-0.15, -0.1) is 0 Å². The molecule has 0 unspecified atom stereocenters. The van der Waals surface area contributed by atoms with Gasteiger partial charge in [0.25, 0.3) is 5.91 Å². The van der Waals surface area contributed by atoms with Crippen molar-refractivity contribution < 1.29 is 23.9 Å². The molecule has 0 spiro atoms. The second-order valence-electron chi connectivity index (χ2n) is 11.6. The number of nitrogens with one attached hydrogen (secondary N) is 2. The number of hydrogen-bond donors (Lipinski definition) is 7. The van der Waals surface area contributed by atoms with Gasteiger partial charge >= 0.3 is 0 Å². The predicted octanol–water partition coefficient (Wildman–Crippen LogP) is 1.84. The number of aliphatic imine (C=N–C) groups is 3. The van der Waals surface area contributed by atoms with Gasteiger partial charge in [0.1, 0.15) is 35.0 Å². The summed E-state index contributed by atoms with van der Waals surface area (Å²) < 4.78 is 13.6. The molecule has 0 radical (unpaired) electrons. The van der Waals surface area contributed by atoms with Crippen molar-refractivity contribution in [2.45, 2.75) is 20.4 Å². The molecule has 3 aromatic rings. The summed E-state index contributed by atoms with van der Waals surface area (Å²) in [4.78, 5) is 56.5. The van der Waals surface area contributed by atoms with Crippen LogP contribution >= 0.6 is 0 Å². The summed E-state index contributed by atoms with van der Waals surface area (Å²) in [7, 11) is 3.16. The minimum atomic E-state index is -0.676. The van der Waals surface area contributed by atoms with Crippen LogP contribution in [0.5, 0.6) is 11.5 Å². The highest BCUT2D eigenvalue weighted by atomic mass is 16.5. The Bertz CT molecular complexity index is 2060. The van der Waals surface area contributed by atoms with E-state index in [1.165, 1.54) is 37.7 Å². The van der Waals surface area contributed by atoms with E-state index in [4.69, 9.17) is 38.1 Å². The van der Waals surface area contributed by atoms with E-state index in [0.717, 1.165) is 0 Å². The third-order valence-electron chi connectivity index (χ3n) is 7.64. The molecular weight excluding hydrogens is 706 g/mol. The lowest BCUT2D eigenvalue weighted by Crippen LogP contribution is -2.41. The van der Waals surface area contributed by atoms with Crippen molar-refractivity contribution in [3.05, 3.63) is 83.4 Å². The smallest absolute Gasteiger partial charge is 0.270 e. The number of allylic oxidation sites excluding steroid dienone is 3. The van der Waals surface area contributed by atoms with Gasteiger partial charge in [0.2, 0.25) is 17.8 Å². The zero-order valence-electron chi connectivity index (χ0n) is 31.4. The lowest BCUT2D eigenvalue weighted by Gasteiger charge is -2.27. The summed E-state index contributed by atoms with van der Waals surface area (Å²) in [6, 6.07) is 6.15. The van der Waals surface area contributed by atoms with Crippen molar-refractivity contribution in [1.29, 1.82) is 0 Å². The van der Waals surface area contributed by atoms with Crippen molar-refractivity contribution in [3.63, 3.8) is 0 Å². The van der Waals surface area contributed by atoms with Crippen molar-refractivity contribution in [2.75, 3.05) is 57.3 Å². The maximum Gasteiger partial charge on any atom is 0.270 e. The Morgan fingerprint density at radius 2 is 1.73 bits per heavy atom. The molecule has 18 nitrogen and oxygen atoms in total. The summed E-state index contributed by atoms with van der Waals surface area (Å²) in [6.07, 6.45) is 11.5. The first kappa shape index (κ1) is 42.3. The van der Waals surface area contributed by atoms with Gasteiger partial charge in [-0.25, -0.2) is 4.98 Å². The third kappa shape index (κ3) is 11.7. The average Bonchev–Trinajstić information content (AvgIpc) is 3.53. The Morgan fingerprint density at radius 3 is 2.35 bits per heavy atom. The maximum absolute atomic E-state index is 13.2. The molecule has 0 saturated carbocycles. The Labute approximate surface area is 319 Å². The molecule has 1 heterocycles. The van der Waals surface area contributed by atoms with Crippen LogP contribution in [0.25, 0.3) is 11.0 Å². The molecule has 0 aliphatic heterocycles. The van der Waals surface area contributed by atoms with Crippen LogP contribution in [0.2, 0.25) is 0 Å². The fraction of sp³-hybridized carbons (Fsp3) is 0.270. The first-order valence-electron chi connectivity index (χ1n) is 17.0. The zero-order valence-corrected chi connectivity index (χ0v) is 31.4. The fourth-order valence-corrected chi connectivity index (χ4v) is 5.17. The first-order valence-corrected chi connectivity index (χ1v) is 17.0. The minimum absolute atomic E-state index is 0.0300. The number of anilines is 2. The van der Waals surface area contributed by atoms with E-state index in [0.29, 0.717) is 65.1 Å². The minimum Gasteiger partial charge on any atom is -0.494 e. The van der Waals surface area contributed by atoms with Gasteiger partial charge in [0.05, 0.1) is 37.2 Å². The van der Waals surface area contributed by atoms with Gasteiger partial charge in [-0.2, -0.15) is 0 Å². The molecule has 18 heteroatoms. The number of aromatic nitrogens is 2. The van der Waals surface area contributed by atoms with E-state index in [9.17, 15) is 14.4 Å². The molecule has 2 aromatic carbocycles. The highest BCUT2D eigenvalue weighted by molar-refractivity contribution is 6.43. The van der Waals surface area contributed by atoms with Crippen LogP contribution in [0.4, 0.5) is 17.3 Å². The highest BCUT2D eigenvalue weighted by Gasteiger charge is 2.21. The molecule has 12 N–H and O–H groups in total. The van der Waals surface area contributed by atoms with Crippen molar-refractivity contribution in [3.8, 4) is 11.5 Å². The van der Waals surface area contributed by atoms with Crippen LogP contribution in [0.1, 0.15) is 34.6 Å². The van der Waals surface area contributed by atoms with E-state index in [1.54, 1.807) is 50.1 Å². The van der Waals surface area contributed by atoms with E-state index in [1.807, 2.05) is 16.7 Å². The van der Waals surface area contributed by atoms with Gasteiger partial charge < -0.3 is 58.2 Å². The van der Waals surface area contributed by atoms with Crippen molar-refractivity contribution >= 4 is 64.7 Å². The largest absolute Gasteiger partial charge is 0.494 e. The van der Waals surface area contributed by atoms with Gasteiger partial charge in [-0.05, 0) is 57.0 Å². The molecule has 3 rings (SSSR count). The van der Waals surface area contributed by atoms with E-state index in [2.05, 4.69) is 37.3 Å². The lowest BCUT2D eigenvalue weighted by atomic mass is 10.1. The van der Waals surface area contributed by atoms with Crippen LogP contribution in [0, 0.1) is 0 Å². The second kappa shape index (κ2) is 20.8. The number of rotatable bonds is 21. The summed E-state index contributed by atoms with van der Waals surface area (Å²) >= 11 is 0. The number of primary amides is 2. The lowest BCUT2D eigenvalue weighted by molar-refractivity contribution is -0.114. The number of benzene rings is 2. The number of ether oxygens (including phenoxy) is 2. The highest BCUT2D eigenvalue weighted by Crippen LogP contribution is 2.39. The predicted molar refractivity (Wildman–Crippen MR) is 218 cm³/mol. The standard InChI is InChI=1S/C37H49N13O5/c1-6-46-29(15-23(2)39)36(53)47-22-49(32-27(43-3)16-24(34(41)51)18-30(32)54-5)12-8-9-13-50-33-28(48-37(50)44-4)17-25(35(42)52)19-31(33)55-14-10-7-11-45-21-26(40)20-38/h7-10,15-21H,3,6,11-14,22,38-40H2,1-2,4-5H3,(H2,41,51)(H2,42,52)(H,44,48)(H,47,53)/b9-8+,10-7+,23-15-,26-20+,45-21?,46-29?. The van der Waals surface area contributed by atoms with Crippen molar-refractivity contribution in [2.24, 2.45) is 43.6 Å². The molecule has 0 fully saturated rings. The molecule has 0 bridgehead atoms. The van der Waals surface area contributed by atoms with Gasteiger partial charge in [-0.3, -0.25) is 29.4 Å². The Hall–Kier alpha value is -7.11. The quantitative estimate of drug-likeness (QED) is 0.0468. The van der Waals surface area contributed by atoms with Crippen LogP contribution in [0.15, 0.2) is 87.2 Å². The second-order valence-corrected chi connectivity index (χ2v) is 11.6. The molecule has 0 aliphatic rings. The molecule has 55 heavy (non-hydrogen) atoms. The molecule has 0 atom stereocenters. The third-order valence-corrected chi connectivity index (χ3v) is 7.64. The van der Waals surface area contributed by atoms with Gasteiger partial charge in [0, 0.05) is 55.9 Å². The first-order chi connectivity index (χ1) is 26.4. The molecule has 3 amide bonds. The maximum atomic E-state index is 13.2. The van der Waals surface area contributed by atoms with Crippen molar-refractivity contribution in [1.82, 2.24) is 14.9 Å². The number of amides is 3. The van der Waals surface area contributed by atoms with Crippen LogP contribution < -0.4 is 53.7 Å². The number of nitrogens with two attached hydrogens (primary N) is 5. The Morgan fingerprint density at radius 1 is 1.02 bits per heavy atom. The van der Waals surface area contributed by atoms with E-state index < -0.39 is 17.7 Å². The van der Waals surface area contributed by atoms with Crippen LogP contribution in [-0.4, -0.2) is 93.0 Å². The molecule has 1 aromatic heterocycles. The number of fused-ring (bicyclic) bond motifs is 1. The van der Waals surface area contributed by atoms with Gasteiger partial charge in [-0.1, -0.05) is 18.2 Å². The average molecular weight is 756 g/mol. The number of methoxy groups -OCH3 is 1. The number of carbonyl (C=O) groups excluding carboxylic acids is 3. The fourth-order valence-electron chi connectivity index (χ4n) is 5.17. The van der Waals surface area contributed by atoms with Gasteiger partial charge in [0.15, 0.2) is 0 Å². The molecule has 292 valence electrons. The monoisotopic (exact) mass is 755 g/mol. The number of imidazole rings is 1. The summed E-state index contributed by atoms with van der Waals surface area (Å²) in [6.45, 7) is 8.52. The Kier molecular flexibility index (Phi) is 16.0. The molecule has 0 saturated heterocycles. The van der Waals surface area contributed by atoms with E-state index in [-0.39, 0.29) is 42.4 Å². The van der Waals surface area contributed by atoms with E-state index >= 15 is 0 Å².